The summed E-state index contributed by atoms with van der Waals surface area (Å²) in [6, 6.07) is 3.82. The quantitative estimate of drug-likeness (QED) is 0.862. The van der Waals surface area contributed by atoms with Crippen molar-refractivity contribution < 1.29 is 4.42 Å². The molecule has 2 heterocycles. The van der Waals surface area contributed by atoms with Gasteiger partial charge in [0, 0.05) is 17.5 Å². The predicted molar refractivity (Wildman–Crippen MR) is 57.9 cm³/mol. The van der Waals surface area contributed by atoms with E-state index >= 15 is 0 Å². The van der Waals surface area contributed by atoms with Gasteiger partial charge >= 0.3 is 0 Å². The number of anilines is 1. The van der Waals surface area contributed by atoms with Crippen LogP contribution < -0.4 is 5.32 Å². The lowest BCUT2D eigenvalue weighted by atomic mass is 10.4. The molecule has 0 unspecified atom stereocenters. The summed E-state index contributed by atoms with van der Waals surface area (Å²) in [4.78, 5) is 4.43. The minimum atomic E-state index is 0.625. The zero-order chi connectivity index (χ0) is 10.1. The van der Waals surface area contributed by atoms with Crippen molar-refractivity contribution in [3.05, 3.63) is 30.0 Å². The first-order chi connectivity index (χ1) is 7.42. The molecule has 0 aliphatic heterocycles. The minimum absolute atomic E-state index is 0.625. The third-order valence-corrected chi connectivity index (χ3v) is 3.07. The van der Waals surface area contributed by atoms with E-state index in [9.17, 15) is 0 Å². The van der Waals surface area contributed by atoms with Crippen LogP contribution in [0.4, 0.5) is 5.13 Å². The Balaban J connectivity index is 1.61. The third kappa shape index (κ3) is 2.02. The van der Waals surface area contributed by atoms with Crippen LogP contribution in [-0.2, 0) is 6.54 Å². The average Bonchev–Trinajstić information content (AvgIpc) is 2.82. The van der Waals surface area contributed by atoms with E-state index in [2.05, 4.69) is 14.7 Å². The van der Waals surface area contributed by atoms with Crippen molar-refractivity contribution in [2.75, 3.05) is 5.32 Å². The van der Waals surface area contributed by atoms with E-state index in [1.165, 1.54) is 24.4 Å². The van der Waals surface area contributed by atoms with Crippen LogP contribution in [-0.4, -0.2) is 9.36 Å². The fourth-order valence-electron chi connectivity index (χ4n) is 1.39. The molecule has 4 nitrogen and oxygen atoms in total. The first kappa shape index (κ1) is 8.91. The molecule has 0 amide bonds. The summed E-state index contributed by atoms with van der Waals surface area (Å²) >= 11 is 1.43. The second-order valence-corrected chi connectivity index (χ2v) is 4.42. The summed E-state index contributed by atoms with van der Waals surface area (Å²) in [6.07, 6.45) is 4.16. The highest BCUT2D eigenvalue weighted by Gasteiger charge is 2.27. The van der Waals surface area contributed by atoms with Crippen LogP contribution in [0.15, 0.2) is 22.8 Å². The number of nitrogens with zero attached hydrogens (tertiary/aromatic N) is 2. The van der Waals surface area contributed by atoms with Crippen molar-refractivity contribution in [1.29, 1.82) is 0 Å². The maximum absolute atomic E-state index is 5.22. The standard InChI is InChI=1S/C10H11N3OS/c1-2-8(14-5-1)6-11-10-12-9(13-15-10)7-3-4-7/h1-2,5,7H,3-4,6H2,(H,11,12,13). The zero-order valence-corrected chi connectivity index (χ0v) is 8.96. The molecule has 78 valence electrons. The Bertz CT molecular complexity index is 433. The molecule has 5 heteroatoms. The van der Waals surface area contributed by atoms with Crippen molar-refractivity contribution in [3.63, 3.8) is 0 Å². The number of nitrogens with one attached hydrogen (secondary N) is 1. The first-order valence-electron chi connectivity index (χ1n) is 5.01. The Labute approximate surface area is 91.5 Å². The molecule has 1 N–H and O–H groups in total. The van der Waals surface area contributed by atoms with Crippen LogP contribution in [0.25, 0.3) is 0 Å². The molecule has 0 bridgehead atoms. The fourth-order valence-corrected chi connectivity index (χ4v) is 2.03. The summed E-state index contributed by atoms with van der Waals surface area (Å²) in [5, 5.41) is 4.08. The van der Waals surface area contributed by atoms with Gasteiger partial charge in [-0.3, -0.25) is 0 Å². The highest BCUT2D eigenvalue weighted by atomic mass is 32.1. The summed E-state index contributed by atoms with van der Waals surface area (Å²) < 4.78 is 9.53. The van der Waals surface area contributed by atoms with Gasteiger partial charge < -0.3 is 9.73 Å². The third-order valence-electron chi connectivity index (χ3n) is 2.38. The number of hydrogen-bond donors (Lipinski definition) is 1. The molecule has 0 radical (unpaired) electrons. The van der Waals surface area contributed by atoms with Gasteiger partial charge in [-0.05, 0) is 25.0 Å². The van der Waals surface area contributed by atoms with Crippen molar-refractivity contribution in [1.82, 2.24) is 9.36 Å². The maximum Gasteiger partial charge on any atom is 0.202 e. The van der Waals surface area contributed by atoms with Crippen LogP contribution in [0, 0.1) is 0 Å². The molecule has 1 aliphatic rings. The molecule has 0 spiro atoms. The Hall–Kier alpha value is -1.36. The average molecular weight is 221 g/mol. The van der Waals surface area contributed by atoms with Gasteiger partial charge in [-0.1, -0.05) is 0 Å². The van der Waals surface area contributed by atoms with Gasteiger partial charge in [-0.25, -0.2) is 4.98 Å². The van der Waals surface area contributed by atoms with Crippen molar-refractivity contribution >= 4 is 16.7 Å². The Morgan fingerprint density at radius 2 is 2.47 bits per heavy atom. The molecule has 3 rings (SSSR count). The molecule has 1 fully saturated rings. The Kier molecular flexibility index (Phi) is 2.17. The fraction of sp³-hybridized carbons (Fsp3) is 0.400. The molecule has 0 atom stereocenters. The monoisotopic (exact) mass is 221 g/mol. The van der Waals surface area contributed by atoms with E-state index in [1.54, 1.807) is 6.26 Å². The second-order valence-electron chi connectivity index (χ2n) is 3.66. The van der Waals surface area contributed by atoms with E-state index in [1.807, 2.05) is 12.1 Å². The highest BCUT2D eigenvalue weighted by Crippen LogP contribution is 2.39. The van der Waals surface area contributed by atoms with E-state index in [0.717, 1.165) is 16.7 Å². The molecule has 2 aromatic rings. The van der Waals surface area contributed by atoms with Crippen molar-refractivity contribution in [2.45, 2.75) is 25.3 Å². The van der Waals surface area contributed by atoms with E-state index in [0.29, 0.717) is 12.5 Å². The van der Waals surface area contributed by atoms with Crippen LogP contribution in [0.5, 0.6) is 0 Å². The van der Waals surface area contributed by atoms with E-state index < -0.39 is 0 Å². The molecular weight excluding hydrogens is 210 g/mol. The number of hydrogen-bond acceptors (Lipinski definition) is 5. The van der Waals surface area contributed by atoms with Crippen LogP contribution in [0.2, 0.25) is 0 Å². The SMILES string of the molecule is c1coc(CNc2nc(C3CC3)ns2)c1. The van der Waals surface area contributed by atoms with Crippen LogP contribution in [0.1, 0.15) is 30.3 Å². The summed E-state index contributed by atoms with van der Waals surface area (Å²) in [5.74, 6) is 2.54. The number of furan rings is 1. The van der Waals surface area contributed by atoms with Crippen LogP contribution >= 0.6 is 11.5 Å². The molecule has 0 saturated heterocycles. The first-order valence-corrected chi connectivity index (χ1v) is 5.79. The molecule has 1 aliphatic carbocycles. The summed E-state index contributed by atoms with van der Waals surface area (Å²) in [5.41, 5.74) is 0. The predicted octanol–water partition coefficient (Wildman–Crippen LogP) is 2.62. The largest absolute Gasteiger partial charge is 0.467 e. The van der Waals surface area contributed by atoms with Gasteiger partial charge in [0.2, 0.25) is 5.13 Å². The molecular formula is C10H11N3OS. The van der Waals surface area contributed by atoms with Gasteiger partial charge in [0.05, 0.1) is 12.8 Å². The van der Waals surface area contributed by atoms with E-state index in [4.69, 9.17) is 4.42 Å². The lowest BCUT2D eigenvalue weighted by molar-refractivity contribution is 0.518. The van der Waals surface area contributed by atoms with Gasteiger partial charge in [0.1, 0.15) is 11.6 Å². The number of rotatable bonds is 4. The van der Waals surface area contributed by atoms with Gasteiger partial charge in [0.15, 0.2) is 0 Å². The van der Waals surface area contributed by atoms with Crippen LogP contribution in [0.3, 0.4) is 0 Å². The minimum Gasteiger partial charge on any atom is -0.467 e. The van der Waals surface area contributed by atoms with Gasteiger partial charge in [-0.15, -0.1) is 0 Å². The second kappa shape index (κ2) is 3.66. The maximum atomic E-state index is 5.22. The topological polar surface area (TPSA) is 51.0 Å². The summed E-state index contributed by atoms with van der Waals surface area (Å²) in [6.45, 7) is 0.673. The normalized spacial score (nSPS) is 15.5. The lowest BCUT2D eigenvalue weighted by Crippen LogP contribution is -1.97. The van der Waals surface area contributed by atoms with E-state index in [-0.39, 0.29) is 0 Å². The number of aromatic nitrogens is 2. The molecule has 0 aromatic carbocycles. The van der Waals surface area contributed by atoms with Crippen molar-refractivity contribution in [2.24, 2.45) is 0 Å². The van der Waals surface area contributed by atoms with Crippen molar-refractivity contribution in [3.8, 4) is 0 Å². The Morgan fingerprint density at radius 3 is 3.20 bits per heavy atom. The molecule has 1 saturated carbocycles. The highest BCUT2D eigenvalue weighted by molar-refractivity contribution is 7.09. The summed E-state index contributed by atoms with van der Waals surface area (Å²) in [7, 11) is 0. The van der Waals surface area contributed by atoms with Gasteiger partial charge in [-0.2, -0.15) is 4.37 Å². The molecule has 2 aromatic heterocycles. The smallest absolute Gasteiger partial charge is 0.202 e. The van der Waals surface area contributed by atoms with Gasteiger partial charge in [0.25, 0.3) is 0 Å². The Morgan fingerprint density at radius 1 is 1.53 bits per heavy atom. The lowest BCUT2D eigenvalue weighted by Gasteiger charge is -1.96. The molecule has 15 heavy (non-hydrogen) atoms. The zero-order valence-electron chi connectivity index (χ0n) is 8.14.